The van der Waals surface area contributed by atoms with Crippen LogP contribution >= 0.6 is 11.6 Å². The largest absolute Gasteiger partial charge is 0.371 e. The van der Waals surface area contributed by atoms with E-state index in [9.17, 15) is 4.79 Å². The first-order chi connectivity index (χ1) is 11.1. The Kier molecular flexibility index (Phi) is 4.86. The van der Waals surface area contributed by atoms with Crippen LogP contribution in [0.15, 0.2) is 36.7 Å². The fraction of sp³-hybridized carbons (Fsp3) is 0.412. The van der Waals surface area contributed by atoms with Gasteiger partial charge in [-0.2, -0.15) is 5.10 Å². The highest BCUT2D eigenvalue weighted by Crippen LogP contribution is 2.24. The minimum atomic E-state index is 0.0121. The van der Waals surface area contributed by atoms with Crippen LogP contribution in [0.25, 0.3) is 0 Å². The summed E-state index contributed by atoms with van der Waals surface area (Å²) in [4.78, 5) is 14.3. The SMILES string of the molecule is Cc1cnn(CC(=O)NC[C@H]2CCN(c3ccc(Cl)cc3)C2)c1. The molecule has 1 aliphatic rings. The summed E-state index contributed by atoms with van der Waals surface area (Å²) in [6.07, 6.45) is 4.72. The molecule has 1 N–H and O–H groups in total. The molecule has 0 unspecified atom stereocenters. The zero-order chi connectivity index (χ0) is 16.2. The van der Waals surface area contributed by atoms with Crippen molar-refractivity contribution in [3.05, 3.63) is 47.2 Å². The molecule has 0 radical (unpaired) electrons. The highest BCUT2D eigenvalue weighted by molar-refractivity contribution is 6.30. The molecule has 6 heteroatoms. The Morgan fingerprint density at radius 1 is 1.39 bits per heavy atom. The van der Waals surface area contributed by atoms with Crippen molar-refractivity contribution in [1.29, 1.82) is 0 Å². The number of anilines is 1. The normalized spacial score (nSPS) is 17.5. The smallest absolute Gasteiger partial charge is 0.241 e. The van der Waals surface area contributed by atoms with Gasteiger partial charge in [-0.3, -0.25) is 9.48 Å². The number of carbonyl (C=O) groups is 1. The summed E-state index contributed by atoms with van der Waals surface area (Å²) in [6.45, 7) is 4.93. The van der Waals surface area contributed by atoms with Crippen molar-refractivity contribution in [2.24, 2.45) is 5.92 Å². The molecule has 5 nitrogen and oxygen atoms in total. The summed E-state index contributed by atoms with van der Waals surface area (Å²) in [7, 11) is 0. The monoisotopic (exact) mass is 332 g/mol. The van der Waals surface area contributed by atoms with Gasteiger partial charge in [-0.05, 0) is 49.1 Å². The molecule has 1 amide bonds. The lowest BCUT2D eigenvalue weighted by atomic mass is 10.1. The number of hydrogen-bond donors (Lipinski definition) is 1. The quantitative estimate of drug-likeness (QED) is 0.915. The number of carbonyl (C=O) groups excluding carboxylic acids is 1. The maximum Gasteiger partial charge on any atom is 0.241 e. The summed E-state index contributed by atoms with van der Waals surface area (Å²) in [5, 5.41) is 7.90. The predicted octanol–water partition coefficient (Wildman–Crippen LogP) is 2.49. The number of nitrogens with zero attached hydrogens (tertiary/aromatic N) is 3. The first-order valence-electron chi connectivity index (χ1n) is 7.86. The van der Waals surface area contributed by atoms with Crippen molar-refractivity contribution in [1.82, 2.24) is 15.1 Å². The molecule has 0 aliphatic carbocycles. The maximum absolute atomic E-state index is 12.0. The van der Waals surface area contributed by atoms with Gasteiger partial charge in [0.2, 0.25) is 5.91 Å². The third-order valence-corrected chi connectivity index (χ3v) is 4.39. The van der Waals surface area contributed by atoms with Gasteiger partial charge < -0.3 is 10.2 Å². The van der Waals surface area contributed by atoms with Crippen molar-refractivity contribution in [2.45, 2.75) is 19.9 Å². The molecule has 1 aromatic heterocycles. The number of halogens is 1. The Labute approximate surface area is 141 Å². The second-order valence-corrected chi connectivity index (χ2v) is 6.53. The molecule has 23 heavy (non-hydrogen) atoms. The standard InChI is InChI=1S/C17H21ClN4O/c1-13-8-20-22(10-13)12-17(23)19-9-14-6-7-21(11-14)16-4-2-15(18)3-5-16/h2-5,8,10,14H,6-7,9,11-12H2,1H3,(H,19,23)/t14-/m1/s1. The Balaban J connectivity index is 1.44. The molecule has 1 fully saturated rings. The summed E-state index contributed by atoms with van der Waals surface area (Å²) >= 11 is 5.93. The summed E-state index contributed by atoms with van der Waals surface area (Å²) < 4.78 is 1.67. The topological polar surface area (TPSA) is 50.2 Å². The minimum absolute atomic E-state index is 0.0121. The van der Waals surface area contributed by atoms with Crippen molar-refractivity contribution in [3.8, 4) is 0 Å². The Morgan fingerprint density at radius 3 is 2.87 bits per heavy atom. The van der Waals surface area contributed by atoms with E-state index in [1.807, 2.05) is 37.4 Å². The predicted molar refractivity (Wildman–Crippen MR) is 91.7 cm³/mol. The Hall–Kier alpha value is -2.01. The number of nitrogens with one attached hydrogen (secondary N) is 1. The number of rotatable bonds is 5. The van der Waals surface area contributed by atoms with Crippen LogP contribution in [-0.2, 0) is 11.3 Å². The van der Waals surface area contributed by atoms with Gasteiger partial charge in [-0.15, -0.1) is 0 Å². The first kappa shape index (κ1) is 15.9. The summed E-state index contributed by atoms with van der Waals surface area (Å²) in [5.74, 6) is 0.493. The highest BCUT2D eigenvalue weighted by Gasteiger charge is 2.23. The lowest BCUT2D eigenvalue weighted by Gasteiger charge is -2.19. The van der Waals surface area contributed by atoms with Gasteiger partial charge in [0.05, 0.1) is 6.20 Å². The van der Waals surface area contributed by atoms with Crippen molar-refractivity contribution in [3.63, 3.8) is 0 Å². The lowest BCUT2D eigenvalue weighted by molar-refractivity contribution is -0.122. The van der Waals surface area contributed by atoms with E-state index in [0.717, 1.165) is 30.1 Å². The van der Waals surface area contributed by atoms with Gasteiger partial charge >= 0.3 is 0 Å². The number of aromatic nitrogens is 2. The van der Waals surface area contributed by atoms with Crippen LogP contribution < -0.4 is 10.2 Å². The molecule has 2 heterocycles. The van der Waals surface area contributed by atoms with E-state index in [1.54, 1.807) is 10.9 Å². The maximum atomic E-state index is 12.0. The molecule has 0 bridgehead atoms. The number of amides is 1. The van der Waals surface area contributed by atoms with Gasteiger partial charge in [-0.1, -0.05) is 11.6 Å². The van der Waals surface area contributed by atoms with Gasteiger partial charge in [0.15, 0.2) is 0 Å². The molecule has 1 atom stereocenters. The van der Waals surface area contributed by atoms with Gasteiger partial charge in [0, 0.05) is 36.5 Å². The van der Waals surface area contributed by atoms with Crippen LogP contribution in [-0.4, -0.2) is 35.3 Å². The van der Waals surface area contributed by atoms with Gasteiger partial charge in [0.25, 0.3) is 0 Å². The molecular weight excluding hydrogens is 312 g/mol. The lowest BCUT2D eigenvalue weighted by Crippen LogP contribution is -2.33. The van der Waals surface area contributed by atoms with Crippen LogP contribution in [0.4, 0.5) is 5.69 Å². The highest BCUT2D eigenvalue weighted by atomic mass is 35.5. The summed E-state index contributed by atoms with van der Waals surface area (Å²) in [5.41, 5.74) is 2.25. The van der Waals surface area contributed by atoms with Crippen LogP contribution in [0.1, 0.15) is 12.0 Å². The van der Waals surface area contributed by atoms with Gasteiger partial charge in [0.1, 0.15) is 6.54 Å². The second-order valence-electron chi connectivity index (χ2n) is 6.10. The van der Waals surface area contributed by atoms with Crippen LogP contribution in [0.2, 0.25) is 5.02 Å². The van der Waals surface area contributed by atoms with E-state index in [4.69, 9.17) is 11.6 Å². The van der Waals surface area contributed by atoms with Crippen molar-refractivity contribution < 1.29 is 4.79 Å². The van der Waals surface area contributed by atoms with E-state index in [1.165, 1.54) is 5.69 Å². The second kappa shape index (κ2) is 7.04. The van der Waals surface area contributed by atoms with E-state index < -0.39 is 0 Å². The molecule has 0 saturated carbocycles. The zero-order valence-corrected chi connectivity index (χ0v) is 14.0. The third kappa shape index (κ3) is 4.26. The number of aryl methyl sites for hydroxylation is 1. The molecule has 122 valence electrons. The minimum Gasteiger partial charge on any atom is -0.371 e. The van der Waals surface area contributed by atoms with Crippen molar-refractivity contribution in [2.75, 3.05) is 24.5 Å². The fourth-order valence-electron chi connectivity index (χ4n) is 2.90. The van der Waals surface area contributed by atoms with Crippen LogP contribution in [0.3, 0.4) is 0 Å². The fourth-order valence-corrected chi connectivity index (χ4v) is 3.03. The average molecular weight is 333 g/mol. The number of benzene rings is 1. The average Bonchev–Trinajstić information content (AvgIpc) is 3.15. The molecular formula is C17H21ClN4O. The first-order valence-corrected chi connectivity index (χ1v) is 8.24. The molecule has 2 aromatic rings. The molecule has 1 aromatic carbocycles. The molecule has 1 aliphatic heterocycles. The van der Waals surface area contributed by atoms with E-state index in [-0.39, 0.29) is 12.5 Å². The molecule has 3 rings (SSSR count). The number of hydrogen-bond acceptors (Lipinski definition) is 3. The zero-order valence-electron chi connectivity index (χ0n) is 13.2. The van der Waals surface area contributed by atoms with Gasteiger partial charge in [-0.25, -0.2) is 0 Å². The summed E-state index contributed by atoms with van der Waals surface area (Å²) in [6, 6.07) is 7.92. The van der Waals surface area contributed by atoms with Crippen LogP contribution in [0.5, 0.6) is 0 Å². The van der Waals surface area contributed by atoms with Crippen LogP contribution in [0, 0.1) is 12.8 Å². The van der Waals surface area contributed by atoms with E-state index >= 15 is 0 Å². The van der Waals surface area contributed by atoms with E-state index in [2.05, 4.69) is 15.3 Å². The molecule has 0 spiro atoms. The molecule has 1 saturated heterocycles. The van der Waals surface area contributed by atoms with E-state index in [0.29, 0.717) is 12.5 Å². The Bertz CT molecular complexity index is 667. The third-order valence-electron chi connectivity index (χ3n) is 4.13. The Morgan fingerprint density at radius 2 is 2.17 bits per heavy atom. The van der Waals surface area contributed by atoms with Crippen molar-refractivity contribution >= 4 is 23.2 Å².